The van der Waals surface area contributed by atoms with Gasteiger partial charge in [-0.3, -0.25) is 8.98 Å². The number of ether oxygens (including phenoxy) is 1. The lowest BCUT2D eigenvalue weighted by Crippen LogP contribution is -2.49. The fourth-order valence-corrected chi connectivity index (χ4v) is 3.39. The second-order valence-corrected chi connectivity index (χ2v) is 10.9. The first-order valence-electron chi connectivity index (χ1n) is 7.10. The molecule has 0 aromatic rings. The predicted molar refractivity (Wildman–Crippen MR) is 82.0 cm³/mol. The highest BCUT2D eigenvalue weighted by Crippen LogP contribution is 2.34. The molecule has 0 aliphatic carbocycles. The average Bonchev–Trinajstić information content (AvgIpc) is 2.23. The molecule has 1 aliphatic heterocycles. The molecule has 1 aliphatic rings. The van der Waals surface area contributed by atoms with Crippen molar-refractivity contribution < 1.29 is 26.6 Å². The Labute approximate surface area is 129 Å². The molecule has 0 radical (unpaired) electrons. The normalized spacial score (nSPS) is 27.8. The lowest BCUT2D eigenvalue weighted by molar-refractivity contribution is -0.178. The third-order valence-electron chi connectivity index (χ3n) is 3.33. The maximum atomic E-state index is 12.2. The molecule has 0 aromatic heterocycles. The highest BCUT2D eigenvalue weighted by molar-refractivity contribution is 7.86. The topological polar surface area (TPSA) is 78.9 Å². The van der Waals surface area contributed by atoms with Crippen LogP contribution in [0.2, 0.25) is 13.1 Å². The number of hydrogen-bond acceptors (Lipinski definition) is 6. The van der Waals surface area contributed by atoms with Crippen molar-refractivity contribution in [2.75, 3.05) is 12.9 Å². The molecule has 0 amide bonds. The van der Waals surface area contributed by atoms with Gasteiger partial charge in [-0.25, -0.2) is 0 Å². The van der Waals surface area contributed by atoms with Crippen molar-refractivity contribution in [3.8, 4) is 0 Å². The molecule has 0 N–H and O–H groups in total. The smallest absolute Gasteiger partial charge is 0.314 e. The van der Waals surface area contributed by atoms with Crippen LogP contribution in [0.4, 0.5) is 0 Å². The largest absolute Gasteiger partial charge is 0.461 e. The molecule has 3 unspecified atom stereocenters. The zero-order chi connectivity index (χ0) is 16.4. The Morgan fingerprint density at radius 3 is 2.33 bits per heavy atom. The Hall–Kier alpha value is -0.443. The van der Waals surface area contributed by atoms with Crippen LogP contribution in [0, 0.1) is 11.3 Å². The van der Waals surface area contributed by atoms with Crippen molar-refractivity contribution in [1.82, 2.24) is 0 Å². The summed E-state index contributed by atoms with van der Waals surface area (Å²) in [5.74, 6) is -1.13. The minimum Gasteiger partial charge on any atom is -0.461 e. The Kier molecular flexibility index (Phi) is 5.99. The zero-order valence-corrected chi connectivity index (χ0v) is 15.6. The van der Waals surface area contributed by atoms with Crippen molar-refractivity contribution in [2.45, 2.75) is 52.5 Å². The van der Waals surface area contributed by atoms with Crippen molar-refractivity contribution in [3.63, 3.8) is 0 Å². The van der Waals surface area contributed by atoms with Gasteiger partial charge in [-0.15, -0.1) is 0 Å². The number of carbonyl (C=O) groups excluding carboxylic acids is 1. The van der Waals surface area contributed by atoms with Crippen LogP contribution in [0.15, 0.2) is 0 Å². The second kappa shape index (κ2) is 6.76. The molecular weight excluding hydrogens is 312 g/mol. The summed E-state index contributed by atoms with van der Waals surface area (Å²) in [4.78, 5) is 12.2. The van der Waals surface area contributed by atoms with Crippen molar-refractivity contribution in [2.24, 2.45) is 11.3 Å². The summed E-state index contributed by atoms with van der Waals surface area (Å²) in [5.41, 5.74) is -0.270. The van der Waals surface area contributed by atoms with Crippen molar-refractivity contribution >= 4 is 25.1 Å². The molecule has 124 valence electrons. The van der Waals surface area contributed by atoms with E-state index in [0.717, 1.165) is 6.26 Å². The van der Waals surface area contributed by atoms with Gasteiger partial charge in [-0.05, 0) is 18.5 Å². The number of cyclic esters (lactones) is 1. The Morgan fingerprint density at radius 2 is 1.90 bits per heavy atom. The van der Waals surface area contributed by atoms with Crippen LogP contribution in [0.25, 0.3) is 0 Å². The maximum absolute atomic E-state index is 12.2. The van der Waals surface area contributed by atoms with Crippen LogP contribution in [-0.2, 0) is 28.3 Å². The number of hydrogen-bond donors (Lipinski definition) is 0. The van der Waals surface area contributed by atoms with Gasteiger partial charge in [0.15, 0.2) is 9.04 Å². The van der Waals surface area contributed by atoms with E-state index >= 15 is 0 Å². The Bertz CT molecular complexity index is 468. The molecule has 8 heteroatoms. The van der Waals surface area contributed by atoms with Crippen molar-refractivity contribution in [1.29, 1.82) is 0 Å². The monoisotopic (exact) mass is 338 g/mol. The van der Waals surface area contributed by atoms with E-state index in [2.05, 4.69) is 0 Å². The van der Waals surface area contributed by atoms with E-state index in [0.29, 0.717) is 6.42 Å². The van der Waals surface area contributed by atoms with Gasteiger partial charge in [0.05, 0.1) is 12.4 Å². The summed E-state index contributed by atoms with van der Waals surface area (Å²) in [6.07, 6.45) is 0.256. The highest BCUT2D eigenvalue weighted by atomic mass is 32.2. The molecule has 0 aromatic carbocycles. The predicted octanol–water partition coefficient (Wildman–Crippen LogP) is 1.31. The van der Waals surface area contributed by atoms with Gasteiger partial charge in [-0.1, -0.05) is 20.8 Å². The summed E-state index contributed by atoms with van der Waals surface area (Å²) in [7, 11) is -4.95. The molecular formula is C13H26O6SSi. The maximum Gasteiger partial charge on any atom is 0.314 e. The quantitative estimate of drug-likeness (QED) is 0.427. The molecule has 1 saturated heterocycles. The van der Waals surface area contributed by atoms with Gasteiger partial charge in [0.1, 0.15) is 12.0 Å². The van der Waals surface area contributed by atoms with Crippen LogP contribution in [0.3, 0.4) is 0 Å². The number of esters is 1. The van der Waals surface area contributed by atoms with Gasteiger partial charge < -0.3 is 9.16 Å². The average molecular weight is 338 g/mol. The summed E-state index contributed by atoms with van der Waals surface area (Å²) < 4.78 is 39.0. The first-order valence-corrected chi connectivity index (χ1v) is 11.7. The minimum atomic E-state index is -3.64. The number of carbonyl (C=O) groups is 1. The van der Waals surface area contributed by atoms with E-state index < -0.39 is 37.1 Å². The fourth-order valence-electron chi connectivity index (χ4n) is 2.14. The van der Waals surface area contributed by atoms with Gasteiger partial charge in [0.2, 0.25) is 0 Å². The van der Waals surface area contributed by atoms with E-state index in [4.69, 9.17) is 13.3 Å². The van der Waals surface area contributed by atoms with Crippen LogP contribution in [0.5, 0.6) is 0 Å². The van der Waals surface area contributed by atoms with E-state index in [1.165, 1.54) is 0 Å². The first kappa shape index (κ1) is 18.6. The van der Waals surface area contributed by atoms with E-state index in [1.54, 1.807) is 0 Å². The molecule has 0 spiro atoms. The van der Waals surface area contributed by atoms with Crippen LogP contribution < -0.4 is 0 Å². The molecule has 6 nitrogen and oxygen atoms in total. The lowest BCUT2D eigenvalue weighted by Gasteiger charge is -2.40. The van der Waals surface area contributed by atoms with Gasteiger partial charge in [-0.2, -0.15) is 8.42 Å². The summed E-state index contributed by atoms with van der Waals surface area (Å²) in [5, 5.41) is 0. The standard InChI is InChI=1S/C13H26O6SSi/c1-13(2,3)11-7-10(19-20(4,15)16)9(12(14)18-11)8-17-21(5)6/h9-11,21H,7-8H2,1-6H3. The van der Waals surface area contributed by atoms with Crippen molar-refractivity contribution in [3.05, 3.63) is 0 Å². The third-order valence-corrected chi connectivity index (χ3v) is 4.79. The molecule has 1 heterocycles. The first-order chi connectivity index (χ1) is 9.40. The minimum absolute atomic E-state index is 0.153. The van der Waals surface area contributed by atoms with Gasteiger partial charge in [0, 0.05) is 13.0 Å². The van der Waals surface area contributed by atoms with Crippen LogP contribution >= 0.6 is 0 Å². The fraction of sp³-hybridized carbons (Fsp3) is 0.923. The van der Waals surface area contributed by atoms with E-state index in [1.807, 2.05) is 33.9 Å². The molecule has 21 heavy (non-hydrogen) atoms. The van der Waals surface area contributed by atoms with Crippen LogP contribution in [-0.4, -0.2) is 48.5 Å². The molecule has 1 rings (SSSR count). The summed E-state index contributed by atoms with van der Waals surface area (Å²) >= 11 is 0. The molecule has 0 bridgehead atoms. The molecule has 3 atom stereocenters. The van der Waals surface area contributed by atoms with E-state index in [9.17, 15) is 13.2 Å². The van der Waals surface area contributed by atoms with Gasteiger partial charge >= 0.3 is 5.97 Å². The Morgan fingerprint density at radius 1 is 1.33 bits per heavy atom. The van der Waals surface area contributed by atoms with Crippen LogP contribution in [0.1, 0.15) is 27.2 Å². The lowest BCUT2D eigenvalue weighted by atomic mass is 9.81. The Balaban J connectivity index is 2.92. The van der Waals surface area contributed by atoms with E-state index in [-0.39, 0.29) is 18.1 Å². The van der Waals surface area contributed by atoms with Gasteiger partial charge in [0.25, 0.3) is 10.1 Å². The SMILES string of the molecule is C[SiH](C)OCC1C(=O)OC(C(C)(C)C)CC1OS(C)(=O)=O. The number of rotatable bonds is 5. The highest BCUT2D eigenvalue weighted by Gasteiger charge is 2.44. The molecule has 1 fully saturated rings. The third kappa shape index (κ3) is 6.05. The summed E-state index contributed by atoms with van der Waals surface area (Å²) in [6, 6.07) is 0. The second-order valence-electron chi connectivity index (χ2n) is 6.85. The summed E-state index contributed by atoms with van der Waals surface area (Å²) in [6.45, 7) is 9.96. The zero-order valence-electron chi connectivity index (χ0n) is 13.6. The molecule has 0 saturated carbocycles.